The van der Waals surface area contributed by atoms with E-state index in [1.807, 2.05) is 0 Å². The number of alkyl halides is 17. The number of phenolic OH excluding ortho intramolecular Hbond substituents is 1. The number of hydrogen-bond donors (Lipinski definition) is 2. The van der Waals surface area contributed by atoms with Crippen LogP contribution in [0, 0.1) is 0 Å². The van der Waals surface area contributed by atoms with Crippen molar-refractivity contribution in [1.82, 2.24) is 0 Å². The maximum absolute atomic E-state index is 15.1. The number of rotatable bonds is 12. The molecule has 232 valence electrons. The molecule has 0 bridgehead atoms. The van der Waals surface area contributed by atoms with Crippen LogP contribution in [-0.2, 0) is 4.79 Å². The molecule has 0 radical (unpaired) electrons. The number of halogens is 17. The van der Waals surface area contributed by atoms with Gasteiger partial charge in [0, 0.05) is 4.90 Å². The smallest absolute Gasteiger partial charge is 0.460 e. The summed E-state index contributed by atoms with van der Waals surface area (Å²) >= 11 is -0.965. The molecule has 0 spiro atoms. The average molecular weight is 646 g/mol. The highest BCUT2D eigenvalue weighted by molar-refractivity contribution is 8.01. The highest BCUT2D eigenvalue weighted by Crippen LogP contribution is 2.66. The summed E-state index contributed by atoms with van der Waals surface area (Å²) in [5, 5.41) is 18.5. The molecule has 0 amide bonds. The molecule has 0 saturated carbocycles. The number of carboxylic acid groups (broad SMARTS) is 1. The SMILES string of the molecule is CCCC(S[13c]1ccc(O)c[13cH]1)(C(=O)O)C(F)(F)C(F)(F)C(F)(F)C(F)(F)C(F)(F)C(F)(F)C(F)(F)C(F)(F)F. The van der Waals surface area contributed by atoms with Crippen molar-refractivity contribution in [2.45, 2.75) is 77.0 Å². The van der Waals surface area contributed by atoms with E-state index < -0.39 is 93.6 Å². The first kappa shape index (κ1) is 35.7. The van der Waals surface area contributed by atoms with Gasteiger partial charge in [0.15, 0.2) is 4.75 Å². The minimum absolute atomic E-state index is 0.516. The molecule has 0 aromatic heterocycles. The molecule has 0 aliphatic heterocycles. The fourth-order valence-electron chi connectivity index (χ4n) is 3.04. The molecule has 21 heteroatoms. The Morgan fingerprint density at radius 1 is 0.625 bits per heavy atom. The van der Waals surface area contributed by atoms with Gasteiger partial charge in [-0.05, 0) is 30.7 Å². The Morgan fingerprint density at radius 3 is 1.25 bits per heavy atom. The Labute approximate surface area is 215 Å². The van der Waals surface area contributed by atoms with Crippen molar-refractivity contribution in [2.75, 3.05) is 0 Å². The van der Waals surface area contributed by atoms with Crippen molar-refractivity contribution in [3.8, 4) is 5.75 Å². The van der Waals surface area contributed by atoms with Gasteiger partial charge in [-0.3, -0.25) is 4.79 Å². The molecule has 40 heavy (non-hydrogen) atoms. The monoisotopic (exact) mass is 646 g/mol. The molecule has 3 nitrogen and oxygen atoms in total. The Balaban J connectivity index is 3.93. The zero-order valence-electron chi connectivity index (χ0n) is 18.9. The highest BCUT2D eigenvalue weighted by Gasteiger charge is 2.96. The molecule has 0 saturated heterocycles. The quantitative estimate of drug-likeness (QED) is 0.178. The first-order chi connectivity index (χ1) is 17.5. The largest absolute Gasteiger partial charge is 0.508 e. The second kappa shape index (κ2) is 10.2. The van der Waals surface area contributed by atoms with Gasteiger partial charge in [0.05, 0.1) is 0 Å². The number of aliphatic carboxylic acids is 1. The topological polar surface area (TPSA) is 57.5 Å². The van der Waals surface area contributed by atoms with Crippen LogP contribution in [0.5, 0.6) is 5.75 Å². The van der Waals surface area contributed by atoms with E-state index in [2.05, 4.69) is 0 Å². The predicted molar refractivity (Wildman–Crippen MR) is 99.9 cm³/mol. The molecule has 0 aliphatic rings. The van der Waals surface area contributed by atoms with Crippen LogP contribution in [0.3, 0.4) is 0 Å². The number of carbonyl (C=O) groups is 1. The summed E-state index contributed by atoms with van der Waals surface area (Å²) in [6, 6.07) is 2.23. The first-order valence-electron chi connectivity index (χ1n) is 9.90. The van der Waals surface area contributed by atoms with Gasteiger partial charge in [0.1, 0.15) is 5.75 Å². The van der Waals surface area contributed by atoms with Crippen LogP contribution in [0.4, 0.5) is 74.6 Å². The van der Waals surface area contributed by atoms with Crippen molar-refractivity contribution < 1.29 is 89.6 Å². The lowest BCUT2D eigenvalue weighted by atomic mass is 9.83. The fraction of sp³-hybridized carbons (Fsp3) is 0.632. The van der Waals surface area contributed by atoms with E-state index in [0.717, 1.165) is 6.92 Å². The second-order valence-corrected chi connectivity index (χ2v) is 9.37. The van der Waals surface area contributed by atoms with Gasteiger partial charge in [0.25, 0.3) is 0 Å². The van der Waals surface area contributed by atoms with E-state index in [9.17, 15) is 80.9 Å². The fourth-order valence-corrected chi connectivity index (χ4v) is 4.37. The van der Waals surface area contributed by atoms with Gasteiger partial charge in [-0.2, -0.15) is 74.6 Å². The third-order valence-corrected chi connectivity index (χ3v) is 6.80. The van der Waals surface area contributed by atoms with E-state index in [4.69, 9.17) is 0 Å². The van der Waals surface area contributed by atoms with Crippen LogP contribution in [0.2, 0.25) is 0 Å². The summed E-state index contributed by atoms with van der Waals surface area (Å²) in [6.07, 6.45) is -10.7. The third-order valence-electron chi connectivity index (χ3n) is 5.31. The number of benzene rings is 1. The predicted octanol–water partition coefficient (Wildman–Crippen LogP) is 8.12. The van der Waals surface area contributed by atoms with Crippen LogP contribution in [0.1, 0.15) is 19.8 Å². The summed E-state index contributed by atoms with van der Waals surface area (Å²) < 4.78 is 228. The maximum atomic E-state index is 15.1. The standard InChI is InChI=1S/C19H13F17O3S/c1-2-7-11(10(38)39,40-9-5-3-8(37)4-6-9)12(20,21)13(22,23)14(24,25)15(26,27)16(28,29)17(30,31)18(32,33)19(34,35)36/h3-6,37H,2,7H2,1H3,(H,38,39)/i5+1,9+1. The number of hydrogen-bond acceptors (Lipinski definition) is 3. The minimum Gasteiger partial charge on any atom is -0.508 e. The normalized spacial score (nSPS) is 16.6. The second-order valence-electron chi connectivity index (χ2n) is 8.00. The Kier molecular flexibility index (Phi) is 9.08. The van der Waals surface area contributed by atoms with Gasteiger partial charge in [-0.1, -0.05) is 13.3 Å². The van der Waals surface area contributed by atoms with Crippen LogP contribution >= 0.6 is 11.8 Å². The van der Waals surface area contributed by atoms with E-state index >= 15 is 8.78 Å². The van der Waals surface area contributed by atoms with Crippen molar-refractivity contribution in [3.63, 3.8) is 0 Å². The summed E-state index contributed by atoms with van der Waals surface area (Å²) in [5.74, 6) is -62.4. The molecule has 1 unspecified atom stereocenters. The highest BCUT2D eigenvalue weighted by atomic mass is 32.2. The molecule has 1 rings (SSSR count). The lowest BCUT2D eigenvalue weighted by Gasteiger charge is -2.46. The Bertz CT molecular complexity index is 1070. The van der Waals surface area contributed by atoms with Gasteiger partial charge < -0.3 is 10.2 Å². The molecule has 0 fully saturated rings. The zero-order valence-corrected chi connectivity index (χ0v) is 19.7. The van der Waals surface area contributed by atoms with Crippen LogP contribution in [0.25, 0.3) is 0 Å². The van der Waals surface area contributed by atoms with E-state index in [0.29, 0.717) is 24.3 Å². The van der Waals surface area contributed by atoms with Gasteiger partial charge >= 0.3 is 53.6 Å². The van der Waals surface area contributed by atoms with E-state index in [-0.39, 0.29) is 0 Å². The zero-order chi connectivity index (χ0) is 32.2. The lowest BCUT2D eigenvalue weighted by Crippen LogP contribution is -2.76. The van der Waals surface area contributed by atoms with Crippen molar-refractivity contribution >= 4 is 17.7 Å². The van der Waals surface area contributed by atoms with Gasteiger partial charge in [0.2, 0.25) is 0 Å². The molecular formula is C19H13F17O3S. The lowest BCUT2D eigenvalue weighted by molar-refractivity contribution is -0.462. The summed E-state index contributed by atoms with van der Waals surface area (Å²) in [4.78, 5) is 10.9. The van der Waals surface area contributed by atoms with Crippen molar-refractivity contribution in [3.05, 3.63) is 24.3 Å². The van der Waals surface area contributed by atoms with Gasteiger partial charge in [-0.25, -0.2) is 0 Å². The van der Waals surface area contributed by atoms with Crippen LogP contribution in [-0.4, -0.2) is 68.6 Å². The summed E-state index contributed by atoms with van der Waals surface area (Å²) in [6.45, 7) is 0.754. The molecule has 1 aromatic carbocycles. The third kappa shape index (κ3) is 4.78. The summed E-state index contributed by atoms with van der Waals surface area (Å²) in [7, 11) is 0. The van der Waals surface area contributed by atoms with Gasteiger partial charge in [-0.15, -0.1) is 11.8 Å². The van der Waals surface area contributed by atoms with Crippen LogP contribution < -0.4 is 0 Å². The molecule has 2 N–H and O–H groups in total. The number of aromatic hydroxyl groups is 1. The number of phenols is 1. The molecule has 1 atom stereocenters. The Morgan fingerprint density at radius 2 is 0.950 bits per heavy atom. The average Bonchev–Trinajstić information content (AvgIpc) is 2.78. The van der Waals surface area contributed by atoms with Crippen molar-refractivity contribution in [2.24, 2.45) is 0 Å². The molecule has 0 heterocycles. The number of thioether (sulfide) groups is 1. The number of carboxylic acids is 1. The van der Waals surface area contributed by atoms with E-state index in [1.165, 1.54) is 0 Å². The Hall–Kier alpha value is -2.35. The molecule has 0 aliphatic carbocycles. The molecular weight excluding hydrogens is 633 g/mol. The first-order valence-corrected chi connectivity index (χ1v) is 10.7. The maximum Gasteiger partial charge on any atom is 0.460 e. The molecule has 1 aromatic rings. The summed E-state index contributed by atoms with van der Waals surface area (Å²) in [5.41, 5.74) is 0. The minimum atomic E-state index is -8.82. The van der Waals surface area contributed by atoms with Crippen molar-refractivity contribution in [1.29, 1.82) is 0 Å². The van der Waals surface area contributed by atoms with E-state index in [1.54, 1.807) is 0 Å². The van der Waals surface area contributed by atoms with Crippen LogP contribution in [0.15, 0.2) is 29.2 Å².